The van der Waals surface area contributed by atoms with Crippen molar-refractivity contribution in [2.75, 3.05) is 6.61 Å². The van der Waals surface area contributed by atoms with Crippen molar-refractivity contribution in [1.29, 1.82) is 0 Å². The predicted molar refractivity (Wildman–Crippen MR) is 36.8 cm³/mol. The zero-order chi connectivity index (χ0) is 5.54. The van der Waals surface area contributed by atoms with Gasteiger partial charge >= 0.3 is 0 Å². The molecule has 0 spiro atoms. The van der Waals surface area contributed by atoms with Crippen LogP contribution in [0.2, 0.25) is 0 Å². The summed E-state index contributed by atoms with van der Waals surface area (Å²) >= 11 is 0. The first-order valence-corrected chi connectivity index (χ1v) is 2.64. The van der Waals surface area contributed by atoms with Gasteiger partial charge < -0.3 is 4.74 Å². The van der Waals surface area contributed by atoms with Gasteiger partial charge in [0.15, 0.2) is 0 Å². The molecule has 0 fully saturated rings. The molecule has 1 radical (unpaired) electrons. The van der Waals surface area contributed by atoms with Crippen LogP contribution in [-0.4, -0.2) is 36.2 Å². The van der Waals surface area contributed by atoms with Gasteiger partial charge in [0, 0.05) is 29.6 Å². The van der Waals surface area contributed by atoms with Crippen molar-refractivity contribution < 1.29 is 4.74 Å². The molecule has 0 aliphatic rings. The Morgan fingerprint density at radius 3 is 2.62 bits per heavy atom. The van der Waals surface area contributed by atoms with E-state index in [9.17, 15) is 0 Å². The summed E-state index contributed by atoms with van der Waals surface area (Å²) in [5.41, 5.74) is 0. The van der Waals surface area contributed by atoms with Gasteiger partial charge in [-0.05, 0) is 6.42 Å². The van der Waals surface area contributed by atoms with Crippen LogP contribution in [0.15, 0.2) is 12.8 Å². The van der Waals surface area contributed by atoms with Gasteiger partial charge in [0.2, 0.25) is 0 Å². The molecule has 0 amide bonds. The Balaban J connectivity index is 0. The van der Waals surface area contributed by atoms with E-state index in [4.69, 9.17) is 4.74 Å². The molecule has 0 saturated carbocycles. The predicted octanol–water partition coefficient (Wildman–Crippen LogP) is 1.57. The summed E-state index contributed by atoms with van der Waals surface area (Å²) in [4.78, 5) is 0. The molecule has 0 aliphatic carbocycles. The van der Waals surface area contributed by atoms with Gasteiger partial charge in [-0.2, -0.15) is 0 Å². The summed E-state index contributed by atoms with van der Waals surface area (Å²) in [5.74, 6) is 0. The van der Waals surface area contributed by atoms with Crippen LogP contribution in [0.25, 0.3) is 0 Å². The maximum absolute atomic E-state index is 4.84. The molecule has 0 bridgehead atoms. The van der Waals surface area contributed by atoms with Crippen molar-refractivity contribution in [2.24, 2.45) is 0 Å². The molecule has 0 rings (SSSR count). The van der Waals surface area contributed by atoms with Crippen LogP contribution >= 0.6 is 0 Å². The minimum Gasteiger partial charge on any atom is -0.502 e. The Kier molecular flexibility index (Phi) is 14.9. The van der Waals surface area contributed by atoms with Gasteiger partial charge in [0.1, 0.15) is 0 Å². The van der Waals surface area contributed by atoms with Crippen LogP contribution in [-0.2, 0) is 4.74 Å². The summed E-state index contributed by atoms with van der Waals surface area (Å²) in [6.07, 6.45) is 3.80. The van der Waals surface area contributed by atoms with Gasteiger partial charge in [-0.15, -0.1) is 0 Å². The van der Waals surface area contributed by atoms with Crippen LogP contribution in [0.1, 0.15) is 19.8 Å². The SMILES string of the molecule is C=COCCCC.[Na]. The smallest absolute Gasteiger partial charge is 0.0872 e. The molecule has 0 aromatic carbocycles. The molecule has 0 heterocycles. The van der Waals surface area contributed by atoms with Gasteiger partial charge in [-0.1, -0.05) is 19.9 Å². The average molecular weight is 123 g/mol. The Hall–Kier alpha value is 0.540. The van der Waals surface area contributed by atoms with Crippen LogP contribution in [0, 0.1) is 0 Å². The van der Waals surface area contributed by atoms with E-state index in [2.05, 4.69) is 13.5 Å². The minimum absolute atomic E-state index is 0. The maximum atomic E-state index is 4.84. The van der Waals surface area contributed by atoms with Crippen LogP contribution in [0.3, 0.4) is 0 Å². The second-order valence-electron chi connectivity index (χ2n) is 1.39. The van der Waals surface area contributed by atoms with E-state index >= 15 is 0 Å². The third-order valence-corrected chi connectivity index (χ3v) is 0.734. The van der Waals surface area contributed by atoms with E-state index in [1.165, 1.54) is 12.7 Å². The third kappa shape index (κ3) is 9.74. The van der Waals surface area contributed by atoms with Crippen molar-refractivity contribution in [2.45, 2.75) is 19.8 Å². The molecule has 0 saturated heterocycles. The van der Waals surface area contributed by atoms with Crippen molar-refractivity contribution in [1.82, 2.24) is 0 Å². The van der Waals surface area contributed by atoms with E-state index in [0.29, 0.717) is 0 Å². The molecule has 0 aromatic rings. The number of ether oxygens (including phenoxy) is 1. The second-order valence-corrected chi connectivity index (χ2v) is 1.39. The van der Waals surface area contributed by atoms with Crippen molar-refractivity contribution in [3.05, 3.63) is 12.8 Å². The Bertz CT molecular complexity index is 45.8. The zero-order valence-corrected chi connectivity index (χ0v) is 7.81. The Labute approximate surface area is 73.4 Å². The number of rotatable bonds is 4. The first-order valence-electron chi connectivity index (χ1n) is 2.64. The second kappa shape index (κ2) is 10.5. The van der Waals surface area contributed by atoms with Crippen molar-refractivity contribution >= 4 is 29.6 Å². The standard InChI is InChI=1S/C6H12O.Na/c1-3-5-6-7-4-2;/h4H,2-3,5-6H2,1H3;. The fourth-order valence-corrected chi connectivity index (χ4v) is 0.311. The molecule has 43 valence electrons. The molecule has 2 heteroatoms. The fraction of sp³-hybridized carbons (Fsp3) is 0.667. The van der Waals surface area contributed by atoms with E-state index in [0.717, 1.165) is 13.0 Å². The Morgan fingerprint density at radius 1 is 1.62 bits per heavy atom. The largest absolute Gasteiger partial charge is 0.502 e. The van der Waals surface area contributed by atoms with Crippen molar-refractivity contribution in [3.63, 3.8) is 0 Å². The van der Waals surface area contributed by atoms with E-state index in [-0.39, 0.29) is 29.6 Å². The van der Waals surface area contributed by atoms with Gasteiger partial charge in [0.05, 0.1) is 12.9 Å². The number of hydrogen-bond acceptors (Lipinski definition) is 1. The zero-order valence-electron chi connectivity index (χ0n) is 5.81. The summed E-state index contributed by atoms with van der Waals surface area (Å²) in [7, 11) is 0. The molecule has 0 aliphatic heterocycles. The van der Waals surface area contributed by atoms with E-state index in [1.807, 2.05) is 0 Å². The fourth-order valence-electron chi connectivity index (χ4n) is 0.311. The Morgan fingerprint density at radius 2 is 2.25 bits per heavy atom. The third-order valence-electron chi connectivity index (χ3n) is 0.734. The molecule has 8 heavy (non-hydrogen) atoms. The average Bonchev–Trinajstić information content (AvgIpc) is 1.69. The monoisotopic (exact) mass is 123 g/mol. The van der Waals surface area contributed by atoms with E-state index < -0.39 is 0 Å². The first kappa shape index (κ1) is 11.4. The van der Waals surface area contributed by atoms with Gasteiger partial charge in [0.25, 0.3) is 0 Å². The maximum Gasteiger partial charge on any atom is 0.0872 e. The summed E-state index contributed by atoms with van der Waals surface area (Å²) in [6.45, 7) is 6.36. The summed E-state index contributed by atoms with van der Waals surface area (Å²) in [6, 6.07) is 0. The summed E-state index contributed by atoms with van der Waals surface area (Å²) < 4.78 is 4.84. The first-order chi connectivity index (χ1) is 3.41. The number of unbranched alkanes of at least 4 members (excludes halogenated alkanes) is 1. The van der Waals surface area contributed by atoms with Gasteiger partial charge in [-0.25, -0.2) is 0 Å². The molecule has 0 aromatic heterocycles. The van der Waals surface area contributed by atoms with Crippen LogP contribution < -0.4 is 0 Å². The molecule has 0 atom stereocenters. The molecule has 0 N–H and O–H groups in total. The molecule has 0 unspecified atom stereocenters. The van der Waals surface area contributed by atoms with Crippen molar-refractivity contribution in [3.8, 4) is 0 Å². The number of hydrogen-bond donors (Lipinski definition) is 0. The van der Waals surface area contributed by atoms with E-state index in [1.54, 1.807) is 0 Å². The quantitative estimate of drug-likeness (QED) is 0.313. The topological polar surface area (TPSA) is 9.23 Å². The van der Waals surface area contributed by atoms with Crippen LogP contribution in [0.5, 0.6) is 0 Å². The minimum atomic E-state index is 0. The summed E-state index contributed by atoms with van der Waals surface area (Å²) in [5, 5.41) is 0. The van der Waals surface area contributed by atoms with Crippen LogP contribution in [0.4, 0.5) is 0 Å². The molecule has 1 nitrogen and oxygen atoms in total. The normalized spacial score (nSPS) is 7.12. The molecular weight excluding hydrogens is 111 g/mol. The molecular formula is C6H12NaO. The van der Waals surface area contributed by atoms with Gasteiger partial charge in [-0.3, -0.25) is 0 Å².